The zero-order valence-electron chi connectivity index (χ0n) is 8.62. The first-order valence-electron chi connectivity index (χ1n) is 5.40. The lowest BCUT2D eigenvalue weighted by Gasteiger charge is -2.36. The summed E-state index contributed by atoms with van der Waals surface area (Å²) in [7, 11) is 0. The second kappa shape index (κ2) is 4.19. The van der Waals surface area contributed by atoms with E-state index in [1.807, 2.05) is 30.3 Å². The Balaban J connectivity index is 2.09. The van der Waals surface area contributed by atoms with E-state index < -0.39 is 11.9 Å². The number of rotatable bonds is 2. The Morgan fingerprint density at radius 3 is 2.67 bits per heavy atom. The van der Waals surface area contributed by atoms with Gasteiger partial charge in [0.1, 0.15) is 6.17 Å². The third kappa shape index (κ3) is 2.29. The van der Waals surface area contributed by atoms with E-state index in [2.05, 4.69) is 5.32 Å². The van der Waals surface area contributed by atoms with Crippen molar-refractivity contribution in [1.29, 1.82) is 0 Å². The summed E-state index contributed by atoms with van der Waals surface area (Å²) in [4.78, 5) is 0. The summed E-state index contributed by atoms with van der Waals surface area (Å²) in [5.74, 6) is 0. The second-order valence-electron chi connectivity index (χ2n) is 4.13. The summed E-state index contributed by atoms with van der Waals surface area (Å²) in [6.45, 7) is 0. The first-order valence-corrected chi connectivity index (χ1v) is 5.40. The van der Waals surface area contributed by atoms with E-state index in [1.165, 1.54) is 0 Å². The summed E-state index contributed by atoms with van der Waals surface area (Å²) < 4.78 is 13.6. The largest absolute Gasteiger partial charge is 0.368 e. The molecule has 0 spiro atoms. The molecule has 1 aromatic rings. The van der Waals surface area contributed by atoms with Crippen molar-refractivity contribution in [3.63, 3.8) is 0 Å². The van der Waals surface area contributed by atoms with E-state index in [-0.39, 0.29) is 0 Å². The van der Waals surface area contributed by atoms with Crippen LogP contribution in [0.25, 0.3) is 0 Å². The van der Waals surface area contributed by atoms with Crippen molar-refractivity contribution in [1.82, 2.24) is 0 Å². The van der Waals surface area contributed by atoms with Gasteiger partial charge in [-0.15, -0.1) is 0 Å². The van der Waals surface area contributed by atoms with Crippen LogP contribution in [0.4, 0.5) is 10.1 Å². The van der Waals surface area contributed by atoms with E-state index in [9.17, 15) is 9.50 Å². The number of halogens is 1. The van der Waals surface area contributed by atoms with Crippen LogP contribution >= 0.6 is 0 Å². The van der Waals surface area contributed by atoms with Crippen LogP contribution in [0, 0.1) is 0 Å². The smallest absolute Gasteiger partial charge is 0.167 e. The van der Waals surface area contributed by atoms with Gasteiger partial charge in [0.2, 0.25) is 0 Å². The van der Waals surface area contributed by atoms with Gasteiger partial charge in [0.15, 0.2) is 5.72 Å². The minimum Gasteiger partial charge on any atom is -0.368 e. The van der Waals surface area contributed by atoms with Gasteiger partial charge in [0.25, 0.3) is 0 Å². The van der Waals surface area contributed by atoms with Gasteiger partial charge in [-0.2, -0.15) is 0 Å². The summed E-state index contributed by atoms with van der Waals surface area (Å²) in [5, 5.41) is 13.0. The topological polar surface area (TPSA) is 32.3 Å². The van der Waals surface area contributed by atoms with Gasteiger partial charge >= 0.3 is 0 Å². The molecule has 0 saturated heterocycles. The maximum atomic E-state index is 13.6. The number of hydrogen-bond acceptors (Lipinski definition) is 2. The number of nitrogens with one attached hydrogen (secondary N) is 1. The fourth-order valence-electron chi connectivity index (χ4n) is 2.03. The van der Waals surface area contributed by atoms with Gasteiger partial charge < -0.3 is 10.4 Å². The lowest BCUT2D eigenvalue weighted by molar-refractivity contribution is -0.0393. The van der Waals surface area contributed by atoms with E-state index in [0.29, 0.717) is 12.8 Å². The number of aliphatic hydroxyl groups is 1. The maximum absolute atomic E-state index is 13.6. The van der Waals surface area contributed by atoms with Crippen LogP contribution in [0.3, 0.4) is 0 Å². The molecule has 0 aliphatic heterocycles. The standard InChI is InChI=1S/C12H16FNO/c13-11-8-4-5-9-12(11,15)14-10-6-2-1-3-7-10/h1-3,6-7,11,14-15H,4-5,8-9H2. The Hall–Kier alpha value is -1.09. The minimum atomic E-state index is -1.38. The molecule has 0 aromatic heterocycles. The highest BCUT2D eigenvalue weighted by Gasteiger charge is 2.39. The normalized spacial score (nSPS) is 31.2. The molecular weight excluding hydrogens is 193 g/mol. The van der Waals surface area contributed by atoms with Gasteiger partial charge in [-0.3, -0.25) is 0 Å². The minimum absolute atomic E-state index is 0.441. The SMILES string of the molecule is OC1(Nc2ccccc2)CCCCC1F. The van der Waals surface area contributed by atoms with Crippen LogP contribution in [0.5, 0.6) is 0 Å². The van der Waals surface area contributed by atoms with E-state index in [4.69, 9.17) is 0 Å². The van der Waals surface area contributed by atoms with Crippen LogP contribution in [-0.2, 0) is 0 Å². The third-order valence-electron chi connectivity index (χ3n) is 2.92. The number of alkyl halides is 1. The quantitative estimate of drug-likeness (QED) is 0.734. The molecule has 2 N–H and O–H groups in total. The molecule has 82 valence electrons. The Labute approximate surface area is 89.1 Å². The van der Waals surface area contributed by atoms with Gasteiger partial charge in [0.05, 0.1) is 0 Å². The molecule has 1 aliphatic rings. The van der Waals surface area contributed by atoms with Gasteiger partial charge in [-0.25, -0.2) is 4.39 Å². The van der Waals surface area contributed by atoms with Crippen molar-refractivity contribution in [2.45, 2.75) is 37.6 Å². The zero-order chi connectivity index (χ0) is 10.7. The highest BCUT2D eigenvalue weighted by molar-refractivity contribution is 5.44. The highest BCUT2D eigenvalue weighted by atomic mass is 19.1. The molecule has 3 heteroatoms. The first-order chi connectivity index (χ1) is 7.21. The predicted octanol–water partition coefficient (Wildman–Crippen LogP) is 2.70. The molecule has 1 fully saturated rings. The zero-order valence-corrected chi connectivity index (χ0v) is 8.62. The summed E-state index contributed by atoms with van der Waals surface area (Å²) in [5.41, 5.74) is -0.607. The summed E-state index contributed by atoms with van der Waals surface area (Å²) in [6.07, 6.45) is 1.47. The third-order valence-corrected chi connectivity index (χ3v) is 2.92. The predicted molar refractivity (Wildman–Crippen MR) is 58.4 cm³/mol. The number of para-hydroxylation sites is 1. The van der Waals surface area contributed by atoms with E-state index >= 15 is 0 Å². The molecule has 0 heterocycles. The number of anilines is 1. The Kier molecular flexibility index (Phi) is 2.91. The molecule has 1 aromatic carbocycles. The van der Waals surface area contributed by atoms with Gasteiger partial charge in [-0.1, -0.05) is 24.6 Å². The number of benzene rings is 1. The van der Waals surface area contributed by atoms with Crippen LogP contribution in [-0.4, -0.2) is 17.0 Å². The van der Waals surface area contributed by atoms with Crippen LogP contribution in [0.15, 0.2) is 30.3 Å². The Bertz CT molecular complexity index is 317. The highest BCUT2D eigenvalue weighted by Crippen LogP contribution is 2.31. The van der Waals surface area contributed by atoms with Gasteiger partial charge in [-0.05, 0) is 31.4 Å². The van der Waals surface area contributed by atoms with Crippen molar-refractivity contribution in [3.8, 4) is 0 Å². The van der Waals surface area contributed by atoms with Crippen LogP contribution in [0.2, 0.25) is 0 Å². The Morgan fingerprint density at radius 1 is 1.27 bits per heavy atom. The van der Waals surface area contributed by atoms with Crippen molar-refractivity contribution in [2.75, 3.05) is 5.32 Å². The van der Waals surface area contributed by atoms with Crippen molar-refractivity contribution >= 4 is 5.69 Å². The Morgan fingerprint density at radius 2 is 2.00 bits per heavy atom. The summed E-state index contributed by atoms with van der Waals surface area (Å²) >= 11 is 0. The van der Waals surface area contributed by atoms with Crippen molar-refractivity contribution < 1.29 is 9.50 Å². The van der Waals surface area contributed by atoms with Crippen LogP contribution in [0.1, 0.15) is 25.7 Å². The molecule has 1 saturated carbocycles. The molecule has 2 nitrogen and oxygen atoms in total. The average molecular weight is 209 g/mol. The molecule has 15 heavy (non-hydrogen) atoms. The maximum Gasteiger partial charge on any atom is 0.167 e. The van der Waals surface area contributed by atoms with Crippen molar-refractivity contribution in [3.05, 3.63) is 30.3 Å². The van der Waals surface area contributed by atoms with E-state index in [1.54, 1.807) is 0 Å². The van der Waals surface area contributed by atoms with E-state index in [0.717, 1.165) is 18.5 Å². The lowest BCUT2D eigenvalue weighted by atomic mass is 9.89. The van der Waals surface area contributed by atoms with Crippen molar-refractivity contribution in [2.24, 2.45) is 0 Å². The molecule has 2 rings (SSSR count). The molecule has 1 aliphatic carbocycles. The first kappa shape index (κ1) is 10.4. The molecule has 2 unspecified atom stereocenters. The molecular formula is C12H16FNO. The second-order valence-corrected chi connectivity index (χ2v) is 4.13. The molecule has 2 atom stereocenters. The lowest BCUT2D eigenvalue weighted by Crippen LogP contribution is -2.49. The fraction of sp³-hybridized carbons (Fsp3) is 0.500. The molecule has 0 amide bonds. The summed E-state index contributed by atoms with van der Waals surface area (Å²) in [6, 6.07) is 9.28. The van der Waals surface area contributed by atoms with Gasteiger partial charge in [0, 0.05) is 5.69 Å². The fourth-order valence-corrected chi connectivity index (χ4v) is 2.03. The monoisotopic (exact) mass is 209 g/mol. The van der Waals surface area contributed by atoms with Crippen LogP contribution < -0.4 is 5.32 Å². The molecule has 0 radical (unpaired) electrons. The molecule has 0 bridgehead atoms. The number of hydrogen-bond donors (Lipinski definition) is 2. The average Bonchev–Trinajstić information content (AvgIpc) is 2.24.